The highest BCUT2D eigenvalue weighted by Crippen LogP contribution is 2.19. The summed E-state index contributed by atoms with van der Waals surface area (Å²) in [7, 11) is 2.42. The average molecular weight is 248 g/mol. The van der Waals surface area contributed by atoms with Crippen LogP contribution >= 0.6 is 0 Å². The van der Waals surface area contributed by atoms with Crippen LogP contribution in [-0.2, 0) is 18.0 Å². The topological polar surface area (TPSA) is 36.9 Å². The number of ether oxygens (including phenoxy) is 1. The minimum absolute atomic E-state index is 0.339. The van der Waals surface area contributed by atoms with E-state index in [4.69, 9.17) is 18.0 Å². The molecule has 0 rings (SSSR count). The Kier molecular flexibility index (Phi) is 7.87. The zero-order valence-electron chi connectivity index (χ0n) is 11.0. The first-order valence-electron chi connectivity index (χ1n) is 5.37. The molecule has 0 saturated heterocycles. The molecule has 1 atom stereocenters. The number of rotatable bonds is 9. The van der Waals surface area contributed by atoms with Crippen molar-refractivity contribution in [1.82, 2.24) is 0 Å². The van der Waals surface area contributed by atoms with Gasteiger partial charge < -0.3 is 18.0 Å². The van der Waals surface area contributed by atoms with Crippen molar-refractivity contribution in [1.29, 1.82) is 0 Å². The van der Waals surface area contributed by atoms with E-state index in [1.165, 1.54) is 0 Å². The predicted octanol–water partition coefficient (Wildman–Crippen LogP) is 2.09. The second-order valence-corrected chi connectivity index (χ2v) is 7.08. The molecule has 1 unspecified atom stereocenters. The smallest absolute Gasteiger partial charge is 0.377 e. The van der Waals surface area contributed by atoms with E-state index in [1.54, 1.807) is 21.3 Å². The van der Waals surface area contributed by atoms with E-state index in [2.05, 4.69) is 13.5 Å². The van der Waals surface area contributed by atoms with Crippen molar-refractivity contribution in [2.45, 2.75) is 19.9 Å². The summed E-state index contributed by atoms with van der Waals surface area (Å²) in [5.41, 5.74) is 1.03. The molecule has 0 aliphatic carbocycles. The second-order valence-electron chi connectivity index (χ2n) is 4.08. The number of hydrogen-bond donors (Lipinski definition) is 0. The van der Waals surface area contributed by atoms with E-state index in [1.807, 2.05) is 6.92 Å². The maximum absolute atomic E-state index is 5.49. The molecular weight excluding hydrogens is 224 g/mol. The average Bonchev–Trinajstić information content (AvgIpc) is 2.25. The number of hydrogen-bond acceptors (Lipinski definition) is 4. The molecule has 5 heteroatoms. The molecule has 0 fully saturated rings. The Labute approximate surface area is 99.9 Å². The molecule has 0 N–H and O–H groups in total. The van der Waals surface area contributed by atoms with Gasteiger partial charge in [-0.25, -0.2) is 0 Å². The third kappa shape index (κ3) is 5.76. The van der Waals surface area contributed by atoms with Crippen molar-refractivity contribution in [3.63, 3.8) is 0 Å². The highest BCUT2D eigenvalue weighted by Gasteiger charge is 2.39. The summed E-state index contributed by atoms with van der Waals surface area (Å²) in [6, 6.07) is 0.757. The molecule has 0 radical (unpaired) electrons. The molecule has 0 aliphatic rings. The summed E-state index contributed by atoms with van der Waals surface area (Å²) >= 11 is 0. The summed E-state index contributed by atoms with van der Waals surface area (Å²) in [4.78, 5) is 0. The van der Waals surface area contributed by atoms with Crippen LogP contribution in [-0.4, -0.2) is 43.3 Å². The molecule has 0 heterocycles. The quantitative estimate of drug-likeness (QED) is 0.462. The Hall–Kier alpha value is -0.203. The van der Waals surface area contributed by atoms with Gasteiger partial charge in [0.05, 0.1) is 6.61 Å². The van der Waals surface area contributed by atoms with Crippen molar-refractivity contribution in [2.75, 3.05) is 34.5 Å². The molecule has 96 valence electrons. The zero-order chi connectivity index (χ0) is 12.6. The van der Waals surface area contributed by atoms with Crippen molar-refractivity contribution >= 4 is 8.80 Å². The van der Waals surface area contributed by atoms with Gasteiger partial charge >= 0.3 is 8.80 Å². The van der Waals surface area contributed by atoms with Crippen LogP contribution in [0.2, 0.25) is 6.04 Å². The Morgan fingerprint density at radius 1 is 1.19 bits per heavy atom. The first kappa shape index (κ1) is 15.8. The van der Waals surface area contributed by atoms with Crippen LogP contribution in [0, 0.1) is 5.92 Å². The lowest BCUT2D eigenvalue weighted by atomic mass is 10.2. The first-order chi connectivity index (χ1) is 7.49. The maximum atomic E-state index is 5.49. The molecule has 0 spiro atoms. The fourth-order valence-corrected chi connectivity index (χ4v) is 3.39. The van der Waals surface area contributed by atoms with E-state index in [0.717, 1.165) is 11.6 Å². The Morgan fingerprint density at radius 2 is 1.69 bits per heavy atom. The van der Waals surface area contributed by atoms with Crippen LogP contribution in [0.4, 0.5) is 0 Å². The monoisotopic (exact) mass is 248 g/mol. The Bertz CT molecular complexity index is 196. The molecule has 0 aromatic heterocycles. The molecule has 0 amide bonds. The van der Waals surface area contributed by atoms with E-state index >= 15 is 0 Å². The molecule has 0 aromatic rings. The van der Waals surface area contributed by atoms with Crippen molar-refractivity contribution in [3.8, 4) is 0 Å². The highest BCUT2D eigenvalue weighted by molar-refractivity contribution is 6.60. The van der Waals surface area contributed by atoms with Gasteiger partial charge in [-0.2, -0.15) is 0 Å². The van der Waals surface area contributed by atoms with Crippen LogP contribution in [0.3, 0.4) is 0 Å². The molecular formula is C11H24O4Si. The molecule has 0 bridgehead atoms. The van der Waals surface area contributed by atoms with Gasteiger partial charge in [-0.3, -0.25) is 0 Å². The largest absolute Gasteiger partial charge is 0.500 e. The van der Waals surface area contributed by atoms with Crippen LogP contribution < -0.4 is 0 Å². The molecule has 0 saturated carbocycles. The van der Waals surface area contributed by atoms with Crippen LogP contribution in [0.15, 0.2) is 12.2 Å². The van der Waals surface area contributed by atoms with Crippen molar-refractivity contribution < 1.29 is 18.0 Å². The van der Waals surface area contributed by atoms with E-state index < -0.39 is 8.80 Å². The van der Waals surface area contributed by atoms with Gasteiger partial charge in [0.2, 0.25) is 0 Å². The molecule has 0 aromatic carbocycles. The Morgan fingerprint density at radius 3 is 2.06 bits per heavy atom. The SMILES string of the molecule is C=C(C)COCC(C)C[Si](OC)(OC)OC. The standard InChI is InChI=1S/C11H24O4Si/c1-10(2)7-15-8-11(3)9-16(12-4,13-5)14-6/h11H,1,7-9H2,2-6H3. The molecule has 4 nitrogen and oxygen atoms in total. The van der Waals surface area contributed by atoms with Crippen molar-refractivity contribution in [2.24, 2.45) is 5.92 Å². The summed E-state index contributed by atoms with van der Waals surface area (Å²) in [6.45, 7) is 9.09. The van der Waals surface area contributed by atoms with Gasteiger partial charge in [0.15, 0.2) is 0 Å². The van der Waals surface area contributed by atoms with E-state index in [0.29, 0.717) is 19.1 Å². The summed E-state index contributed by atoms with van der Waals surface area (Å²) in [5.74, 6) is 0.339. The van der Waals surface area contributed by atoms with Gasteiger partial charge in [0, 0.05) is 34.0 Å². The Balaban J connectivity index is 4.00. The second kappa shape index (κ2) is 7.97. The normalized spacial score (nSPS) is 13.8. The first-order valence-corrected chi connectivity index (χ1v) is 7.30. The van der Waals surface area contributed by atoms with Gasteiger partial charge in [-0.1, -0.05) is 19.1 Å². The van der Waals surface area contributed by atoms with E-state index in [-0.39, 0.29) is 0 Å². The van der Waals surface area contributed by atoms with Crippen LogP contribution in [0.25, 0.3) is 0 Å². The highest BCUT2D eigenvalue weighted by atomic mass is 28.4. The van der Waals surface area contributed by atoms with Gasteiger partial charge in [-0.15, -0.1) is 0 Å². The van der Waals surface area contributed by atoms with E-state index in [9.17, 15) is 0 Å². The van der Waals surface area contributed by atoms with Crippen LogP contribution in [0.1, 0.15) is 13.8 Å². The minimum Gasteiger partial charge on any atom is -0.377 e. The fraction of sp³-hybridized carbons (Fsp3) is 0.818. The van der Waals surface area contributed by atoms with Crippen LogP contribution in [0.5, 0.6) is 0 Å². The lowest BCUT2D eigenvalue weighted by Gasteiger charge is -2.27. The lowest BCUT2D eigenvalue weighted by molar-refractivity contribution is 0.0956. The third-order valence-corrected chi connectivity index (χ3v) is 5.35. The van der Waals surface area contributed by atoms with Crippen molar-refractivity contribution in [3.05, 3.63) is 12.2 Å². The summed E-state index contributed by atoms with van der Waals surface area (Å²) in [5, 5.41) is 0. The van der Waals surface area contributed by atoms with Gasteiger partial charge in [0.25, 0.3) is 0 Å². The summed E-state index contributed by atoms with van der Waals surface area (Å²) in [6.07, 6.45) is 0. The van der Waals surface area contributed by atoms with Gasteiger partial charge in [-0.05, 0) is 12.8 Å². The van der Waals surface area contributed by atoms with Gasteiger partial charge in [0.1, 0.15) is 0 Å². The molecule has 16 heavy (non-hydrogen) atoms. The predicted molar refractivity (Wildman–Crippen MR) is 66.4 cm³/mol. The fourth-order valence-electron chi connectivity index (χ4n) is 1.42. The molecule has 0 aliphatic heterocycles. The zero-order valence-corrected chi connectivity index (χ0v) is 12.0. The third-order valence-electron chi connectivity index (χ3n) is 2.28. The maximum Gasteiger partial charge on any atom is 0.500 e. The lowest BCUT2D eigenvalue weighted by Crippen LogP contribution is -2.44. The minimum atomic E-state index is -2.46. The summed E-state index contributed by atoms with van der Waals surface area (Å²) < 4.78 is 21.6.